The van der Waals surface area contributed by atoms with Crippen LogP contribution in [0.3, 0.4) is 0 Å². The second-order valence-electron chi connectivity index (χ2n) is 6.99. The van der Waals surface area contributed by atoms with Gasteiger partial charge in [-0.25, -0.2) is 9.37 Å². The van der Waals surface area contributed by atoms with Crippen LogP contribution in [0.5, 0.6) is 0 Å². The molecule has 0 unspecified atom stereocenters. The molecule has 1 aliphatic heterocycles. The van der Waals surface area contributed by atoms with Crippen LogP contribution in [0.1, 0.15) is 17.0 Å². The summed E-state index contributed by atoms with van der Waals surface area (Å²) in [7, 11) is 1.82. The van der Waals surface area contributed by atoms with Crippen molar-refractivity contribution >= 4 is 11.0 Å². The van der Waals surface area contributed by atoms with Gasteiger partial charge in [-0.05, 0) is 18.2 Å². The van der Waals surface area contributed by atoms with E-state index in [0.29, 0.717) is 24.4 Å². The summed E-state index contributed by atoms with van der Waals surface area (Å²) in [5.74, 6) is 0.368. The zero-order chi connectivity index (χ0) is 19.9. The number of aryl methyl sites for hydroxylation is 1. The van der Waals surface area contributed by atoms with Gasteiger partial charge < -0.3 is 9.72 Å². The van der Waals surface area contributed by atoms with Gasteiger partial charge in [-0.3, -0.25) is 9.58 Å². The number of nitrogens with one attached hydrogen (secondary N) is 1. The molecule has 3 heterocycles. The Morgan fingerprint density at radius 2 is 2.11 bits per heavy atom. The molecule has 1 fully saturated rings. The molecular weight excluding hydrogens is 378 g/mol. The van der Waals surface area contributed by atoms with Crippen molar-refractivity contribution in [2.45, 2.75) is 31.6 Å². The Balaban J connectivity index is 1.37. The number of halogens is 4. The average Bonchev–Trinajstić information content (AvgIpc) is 3.30. The van der Waals surface area contributed by atoms with Crippen LogP contribution in [0.15, 0.2) is 30.6 Å². The molecule has 4 rings (SSSR count). The van der Waals surface area contributed by atoms with Gasteiger partial charge in [0.2, 0.25) is 0 Å². The van der Waals surface area contributed by atoms with Crippen LogP contribution in [0, 0.1) is 0 Å². The van der Waals surface area contributed by atoms with E-state index in [9.17, 15) is 17.6 Å². The summed E-state index contributed by atoms with van der Waals surface area (Å²) >= 11 is 0. The highest BCUT2D eigenvalue weighted by molar-refractivity contribution is 5.76. The normalized spacial score (nSPS) is 21.0. The third-order valence-electron chi connectivity index (χ3n) is 4.73. The van der Waals surface area contributed by atoms with Gasteiger partial charge in [-0.15, -0.1) is 0 Å². The predicted octanol–water partition coefficient (Wildman–Crippen LogP) is 3.05. The summed E-state index contributed by atoms with van der Waals surface area (Å²) in [6, 6.07) is 3.30. The van der Waals surface area contributed by atoms with Crippen molar-refractivity contribution in [3.05, 3.63) is 47.5 Å². The molecule has 150 valence electrons. The number of aromatic nitrogens is 4. The van der Waals surface area contributed by atoms with Gasteiger partial charge in [-0.1, -0.05) is 0 Å². The molecule has 0 amide bonds. The third-order valence-corrected chi connectivity index (χ3v) is 4.73. The van der Waals surface area contributed by atoms with Gasteiger partial charge in [0.25, 0.3) is 0 Å². The Kier molecular flexibility index (Phi) is 4.84. The van der Waals surface area contributed by atoms with Gasteiger partial charge in [-0.2, -0.15) is 18.3 Å². The molecule has 0 spiro atoms. The van der Waals surface area contributed by atoms with Crippen molar-refractivity contribution in [2.75, 3.05) is 13.1 Å². The number of ether oxygens (including phenoxy) is 1. The van der Waals surface area contributed by atoms with Gasteiger partial charge >= 0.3 is 6.18 Å². The lowest BCUT2D eigenvalue weighted by Gasteiger charge is -2.14. The summed E-state index contributed by atoms with van der Waals surface area (Å²) in [6.07, 6.45) is -2.55. The van der Waals surface area contributed by atoms with E-state index in [0.717, 1.165) is 17.7 Å². The lowest BCUT2D eigenvalue weighted by atomic mass is 10.2. The van der Waals surface area contributed by atoms with E-state index in [4.69, 9.17) is 4.74 Å². The number of rotatable bonds is 5. The summed E-state index contributed by atoms with van der Waals surface area (Å²) in [4.78, 5) is 8.98. The summed E-state index contributed by atoms with van der Waals surface area (Å²) < 4.78 is 60.0. The number of aromatic amines is 1. The molecule has 0 bridgehead atoms. The molecular formula is C18H19F4N5O. The van der Waals surface area contributed by atoms with Gasteiger partial charge in [0.05, 0.1) is 22.8 Å². The molecule has 2 aromatic heterocycles. The van der Waals surface area contributed by atoms with E-state index in [1.165, 1.54) is 6.07 Å². The number of H-pyrrole nitrogens is 1. The molecule has 1 aromatic carbocycles. The fourth-order valence-electron chi connectivity index (χ4n) is 3.40. The fraction of sp³-hybridized carbons (Fsp3) is 0.444. The second-order valence-corrected chi connectivity index (χ2v) is 6.99. The fourth-order valence-corrected chi connectivity index (χ4v) is 3.40. The third kappa shape index (κ3) is 4.02. The van der Waals surface area contributed by atoms with Crippen molar-refractivity contribution in [3.8, 4) is 0 Å². The minimum absolute atomic E-state index is 0.00184. The molecule has 1 saturated heterocycles. The minimum atomic E-state index is -4.42. The number of hydrogen-bond acceptors (Lipinski definition) is 4. The van der Waals surface area contributed by atoms with Gasteiger partial charge in [0, 0.05) is 38.4 Å². The Labute approximate surface area is 158 Å². The molecule has 0 aliphatic carbocycles. The topological polar surface area (TPSA) is 59.0 Å². The van der Waals surface area contributed by atoms with Gasteiger partial charge in [0.1, 0.15) is 24.7 Å². The average molecular weight is 397 g/mol. The molecule has 6 nitrogen and oxygen atoms in total. The van der Waals surface area contributed by atoms with E-state index in [1.54, 1.807) is 10.9 Å². The summed E-state index contributed by atoms with van der Waals surface area (Å²) in [5.41, 5.74) is 0.928. The predicted molar refractivity (Wildman–Crippen MR) is 93.1 cm³/mol. The van der Waals surface area contributed by atoms with E-state index in [-0.39, 0.29) is 18.7 Å². The van der Waals surface area contributed by atoms with Crippen LogP contribution in [0.2, 0.25) is 0 Å². The monoisotopic (exact) mass is 397 g/mol. The summed E-state index contributed by atoms with van der Waals surface area (Å²) in [5, 5.41) is 4.10. The molecule has 3 aromatic rings. The smallest absolute Gasteiger partial charge is 0.366 e. The lowest BCUT2D eigenvalue weighted by Crippen LogP contribution is -2.24. The number of alkyl halides is 4. The maximum absolute atomic E-state index is 14.3. The highest BCUT2D eigenvalue weighted by Crippen LogP contribution is 2.31. The Hall–Kier alpha value is -2.46. The SMILES string of the molecule is Cn1cc(CN2C[C@@H](F)[C@@H](OCc3nc4ccc(C(F)(F)F)cc4[nH]3)C2)cn1. The number of nitrogens with zero attached hydrogens (tertiary/aromatic N) is 4. The first-order valence-electron chi connectivity index (χ1n) is 8.79. The van der Waals surface area contributed by atoms with Crippen molar-refractivity contribution in [1.82, 2.24) is 24.6 Å². The highest BCUT2D eigenvalue weighted by atomic mass is 19.4. The van der Waals surface area contributed by atoms with Crippen molar-refractivity contribution < 1.29 is 22.3 Å². The van der Waals surface area contributed by atoms with E-state index >= 15 is 0 Å². The zero-order valence-electron chi connectivity index (χ0n) is 15.1. The molecule has 1 N–H and O–H groups in total. The largest absolute Gasteiger partial charge is 0.416 e. The summed E-state index contributed by atoms with van der Waals surface area (Å²) in [6.45, 7) is 1.27. The molecule has 0 radical (unpaired) electrons. The van der Waals surface area contributed by atoms with Crippen LogP contribution in [-0.2, 0) is 31.1 Å². The Bertz CT molecular complexity index is 966. The number of hydrogen-bond donors (Lipinski definition) is 1. The van der Waals surface area contributed by atoms with Crippen molar-refractivity contribution in [3.63, 3.8) is 0 Å². The second kappa shape index (κ2) is 7.17. The maximum Gasteiger partial charge on any atom is 0.416 e. The van der Waals surface area contributed by atoms with Crippen LogP contribution >= 0.6 is 0 Å². The molecule has 2 atom stereocenters. The Morgan fingerprint density at radius 1 is 1.29 bits per heavy atom. The highest BCUT2D eigenvalue weighted by Gasteiger charge is 2.34. The molecule has 0 saturated carbocycles. The first kappa shape index (κ1) is 18.9. The quantitative estimate of drug-likeness (QED) is 0.673. The van der Waals surface area contributed by atoms with E-state index in [2.05, 4.69) is 15.1 Å². The van der Waals surface area contributed by atoms with Gasteiger partial charge in [0.15, 0.2) is 0 Å². The van der Waals surface area contributed by atoms with E-state index in [1.807, 2.05) is 18.1 Å². The minimum Gasteiger partial charge on any atom is -0.366 e. The lowest BCUT2D eigenvalue weighted by molar-refractivity contribution is -0.137. The van der Waals surface area contributed by atoms with Crippen LogP contribution in [0.25, 0.3) is 11.0 Å². The molecule has 1 aliphatic rings. The standard InChI is InChI=1S/C18H19F4N5O/c1-26-6-11(5-23-26)7-27-8-13(19)16(9-27)28-10-17-24-14-3-2-12(18(20,21)22)4-15(14)25-17/h2-6,13,16H,7-10H2,1H3,(H,24,25)/t13-,16+/m1/s1. The van der Waals surface area contributed by atoms with Crippen LogP contribution < -0.4 is 0 Å². The van der Waals surface area contributed by atoms with E-state index < -0.39 is 24.0 Å². The van der Waals surface area contributed by atoms with Crippen molar-refractivity contribution in [2.24, 2.45) is 7.05 Å². The number of benzene rings is 1. The zero-order valence-corrected chi connectivity index (χ0v) is 15.1. The van der Waals surface area contributed by atoms with Crippen LogP contribution in [0.4, 0.5) is 17.6 Å². The van der Waals surface area contributed by atoms with Crippen LogP contribution in [-0.4, -0.2) is 50.0 Å². The first-order valence-corrected chi connectivity index (χ1v) is 8.79. The number of likely N-dealkylation sites (tertiary alicyclic amines) is 1. The number of imidazole rings is 1. The molecule has 28 heavy (non-hydrogen) atoms. The maximum atomic E-state index is 14.3. The first-order chi connectivity index (χ1) is 13.3. The Morgan fingerprint density at radius 3 is 2.82 bits per heavy atom. The van der Waals surface area contributed by atoms with Crippen molar-refractivity contribution in [1.29, 1.82) is 0 Å². The number of fused-ring (bicyclic) bond motifs is 1. The molecule has 10 heteroatoms.